The van der Waals surface area contributed by atoms with Gasteiger partial charge in [0.05, 0.1) is 14.2 Å². The summed E-state index contributed by atoms with van der Waals surface area (Å²) in [6.45, 7) is 0.604. The number of benzene rings is 1. The van der Waals surface area contributed by atoms with E-state index in [0.29, 0.717) is 13.0 Å². The topological polar surface area (TPSA) is 64.6 Å². The molecule has 24 heavy (non-hydrogen) atoms. The Hall–Kier alpha value is -2.56. The lowest BCUT2D eigenvalue weighted by Crippen LogP contribution is -2.22. The molecule has 130 valence electrons. The van der Waals surface area contributed by atoms with Gasteiger partial charge in [0.2, 0.25) is 5.91 Å². The molecule has 0 aromatic heterocycles. The van der Waals surface area contributed by atoms with E-state index in [2.05, 4.69) is 10.1 Å². The number of ether oxygens (including phenoxy) is 2. The fraction of sp³-hybridized carbons (Fsp3) is 0.368. The average Bonchev–Trinajstić information content (AvgIpc) is 2.61. The third-order valence-corrected chi connectivity index (χ3v) is 3.35. The largest absolute Gasteiger partial charge is 0.497 e. The van der Waals surface area contributed by atoms with Crippen LogP contribution in [0.1, 0.15) is 31.2 Å². The number of hydrogen-bond donors (Lipinski definition) is 1. The summed E-state index contributed by atoms with van der Waals surface area (Å²) < 4.78 is 9.65. The van der Waals surface area contributed by atoms with Crippen molar-refractivity contribution in [3.8, 4) is 5.75 Å². The van der Waals surface area contributed by atoms with Gasteiger partial charge in [-0.15, -0.1) is 0 Å². The highest BCUT2D eigenvalue weighted by Gasteiger charge is 1.99. The van der Waals surface area contributed by atoms with Gasteiger partial charge in [0, 0.05) is 19.0 Å². The molecule has 0 saturated heterocycles. The second-order valence-electron chi connectivity index (χ2n) is 5.17. The number of amides is 1. The summed E-state index contributed by atoms with van der Waals surface area (Å²) >= 11 is 0. The minimum Gasteiger partial charge on any atom is -0.497 e. The van der Waals surface area contributed by atoms with Gasteiger partial charge < -0.3 is 14.8 Å². The molecule has 1 aromatic rings. The Labute approximate surface area is 143 Å². The maximum Gasteiger partial charge on any atom is 0.305 e. The number of nitrogens with one attached hydrogen (secondary N) is 1. The lowest BCUT2D eigenvalue weighted by molar-refractivity contribution is -0.140. The fourth-order valence-corrected chi connectivity index (χ4v) is 1.97. The Morgan fingerprint density at radius 1 is 1.04 bits per heavy atom. The highest BCUT2D eigenvalue weighted by molar-refractivity contribution is 5.87. The first-order valence-corrected chi connectivity index (χ1v) is 7.99. The van der Waals surface area contributed by atoms with E-state index in [4.69, 9.17) is 4.74 Å². The normalized spacial score (nSPS) is 10.9. The van der Waals surface area contributed by atoms with Crippen molar-refractivity contribution in [2.45, 2.75) is 25.7 Å². The predicted molar refractivity (Wildman–Crippen MR) is 94.7 cm³/mol. The summed E-state index contributed by atoms with van der Waals surface area (Å²) in [5.74, 6) is 0.502. The molecule has 0 saturated carbocycles. The molecule has 1 N–H and O–H groups in total. The van der Waals surface area contributed by atoms with Crippen molar-refractivity contribution in [1.29, 1.82) is 0 Å². The molecule has 1 rings (SSSR count). The summed E-state index contributed by atoms with van der Waals surface area (Å²) in [6.07, 6.45) is 9.87. The van der Waals surface area contributed by atoms with E-state index in [1.807, 2.05) is 36.4 Å². The van der Waals surface area contributed by atoms with Crippen LogP contribution in [0.4, 0.5) is 0 Å². The van der Waals surface area contributed by atoms with Crippen LogP contribution < -0.4 is 10.1 Å². The Morgan fingerprint density at radius 2 is 1.79 bits per heavy atom. The average molecular weight is 331 g/mol. The van der Waals surface area contributed by atoms with E-state index in [1.54, 1.807) is 13.2 Å². The zero-order valence-corrected chi connectivity index (χ0v) is 14.3. The van der Waals surface area contributed by atoms with Crippen molar-refractivity contribution >= 4 is 18.0 Å². The molecule has 0 radical (unpaired) electrons. The van der Waals surface area contributed by atoms with Crippen LogP contribution >= 0.6 is 0 Å². The molecular formula is C19H25NO4. The van der Waals surface area contributed by atoms with Crippen LogP contribution in [0.3, 0.4) is 0 Å². The van der Waals surface area contributed by atoms with E-state index < -0.39 is 0 Å². The van der Waals surface area contributed by atoms with E-state index in [1.165, 1.54) is 13.2 Å². The first-order valence-electron chi connectivity index (χ1n) is 7.99. The van der Waals surface area contributed by atoms with Crippen molar-refractivity contribution in [3.05, 3.63) is 48.1 Å². The van der Waals surface area contributed by atoms with Gasteiger partial charge in [-0.2, -0.15) is 0 Å². The van der Waals surface area contributed by atoms with Gasteiger partial charge in [-0.25, -0.2) is 0 Å². The van der Waals surface area contributed by atoms with Gasteiger partial charge in [0.1, 0.15) is 5.75 Å². The number of rotatable bonds is 10. The van der Waals surface area contributed by atoms with E-state index in [-0.39, 0.29) is 11.9 Å². The van der Waals surface area contributed by atoms with Crippen LogP contribution in [0.5, 0.6) is 5.75 Å². The van der Waals surface area contributed by atoms with E-state index >= 15 is 0 Å². The molecule has 0 bridgehead atoms. The SMILES string of the molecule is COC(=O)CCCCCNC(=O)/C=C/C=C/c1ccc(OC)cc1. The monoisotopic (exact) mass is 331 g/mol. The molecule has 0 fully saturated rings. The minimum absolute atomic E-state index is 0.123. The van der Waals surface area contributed by atoms with Gasteiger partial charge in [-0.3, -0.25) is 9.59 Å². The Kier molecular flexibility index (Phi) is 9.69. The molecule has 0 aliphatic rings. The lowest BCUT2D eigenvalue weighted by Gasteiger charge is -2.02. The summed E-state index contributed by atoms with van der Waals surface area (Å²) in [5, 5.41) is 2.81. The maximum atomic E-state index is 11.6. The van der Waals surface area contributed by atoms with Crippen molar-refractivity contribution in [2.24, 2.45) is 0 Å². The zero-order valence-electron chi connectivity index (χ0n) is 14.3. The summed E-state index contributed by atoms with van der Waals surface area (Å²) in [6, 6.07) is 7.65. The standard InChI is InChI=1S/C19H25NO4/c1-23-17-13-11-16(12-14-17)8-5-6-9-18(21)20-15-7-3-4-10-19(22)24-2/h5-6,8-9,11-14H,3-4,7,10,15H2,1-2H3,(H,20,21)/b8-5+,9-6+. The summed E-state index contributed by atoms with van der Waals surface area (Å²) in [5.41, 5.74) is 1.03. The quantitative estimate of drug-likeness (QED) is 0.310. The zero-order chi connectivity index (χ0) is 17.6. The molecule has 1 aromatic carbocycles. The van der Waals surface area contributed by atoms with Crippen molar-refractivity contribution in [1.82, 2.24) is 5.32 Å². The van der Waals surface area contributed by atoms with Crippen molar-refractivity contribution in [3.63, 3.8) is 0 Å². The number of carbonyl (C=O) groups is 2. The van der Waals surface area contributed by atoms with Crippen LogP contribution in [-0.4, -0.2) is 32.6 Å². The van der Waals surface area contributed by atoms with Gasteiger partial charge in [-0.1, -0.05) is 36.8 Å². The highest BCUT2D eigenvalue weighted by Crippen LogP contribution is 2.12. The Bertz CT molecular complexity index is 561. The third kappa shape index (κ3) is 8.78. The molecule has 0 atom stereocenters. The Balaban J connectivity index is 2.16. The number of carbonyl (C=O) groups excluding carboxylic acids is 2. The van der Waals surface area contributed by atoms with Crippen LogP contribution in [0.15, 0.2) is 42.5 Å². The second-order valence-corrected chi connectivity index (χ2v) is 5.17. The van der Waals surface area contributed by atoms with Gasteiger partial charge in [-0.05, 0) is 30.5 Å². The predicted octanol–water partition coefficient (Wildman–Crippen LogP) is 3.11. The van der Waals surface area contributed by atoms with Crippen LogP contribution in [0.2, 0.25) is 0 Å². The Morgan fingerprint density at radius 3 is 2.46 bits per heavy atom. The van der Waals surface area contributed by atoms with Gasteiger partial charge in [0.15, 0.2) is 0 Å². The van der Waals surface area contributed by atoms with Gasteiger partial charge >= 0.3 is 5.97 Å². The third-order valence-electron chi connectivity index (χ3n) is 3.35. The minimum atomic E-state index is -0.189. The highest BCUT2D eigenvalue weighted by atomic mass is 16.5. The second kappa shape index (κ2) is 11.9. The molecular weight excluding hydrogens is 306 g/mol. The first kappa shape index (κ1) is 19.5. The molecule has 0 heterocycles. The van der Waals surface area contributed by atoms with Crippen LogP contribution in [0, 0.1) is 0 Å². The van der Waals surface area contributed by atoms with Gasteiger partial charge in [0.25, 0.3) is 0 Å². The first-order chi connectivity index (χ1) is 11.7. The molecule has 0 aliphatic carbocycles. The van der Waals surface area contributed by atoms with E-state index in [9.17, 15) is 9.59 Å². The molecule has 0 aliphatic heterocycles. The van der Waals surface area contributed by atoms with Crippen molar-refractivity contribution in [2.75, 3.05) is 20.8 Å². The number of unbranched alkanes of at least 4 members (excludes halogenated alkanes) is 2. The molecule has 5 nitrogen and oxygen atoms in total. The molecule has 5 heteroatoms. The molecule has 0 unspecified atom stereocenters. The van der Waals surface area contributed by atoms with E-state index in [0.717, 1.165) is 30.6 Å². The maximum absolute atomic E-state index is 11.6. The lowest BCUT2D eigenvalue weighted by atomic mass is 10.2. The summed E-state index contributed by atoms with van der Waals surface area (Å²) in [4.78, 5) is 22.5. The number of esters is 1. The van der Waals surface area contributed by atoms with Crippen LogP contribution in [0.25, 0.3) is 6.08 Å². The fourth-order valence-electron chi connectivity index (χ4n) is 1.97. The number of hydrogen-bond acceptors (Lipinski definition) is 4. The smallest absolute Gasteiger partial charge is 0.305 e. The summed E-state index contributed by atoms with van der Waals surface area (Å²) in [7, 11) is 3.02. The molecule has 1 amide bonds. The van der Waals surface area contributed by atoms with Crippen LogP contribution in [-0.2, 0) is 14.3 Å². The van der Waals surface area contributed by atoms with Crippen molar-refractivity contribution < 1.29 is 19.1 Å². The number of allylic oxidation sites excluding steroid dienone is 2. The number of methoxy groups -OCH3 is 2. The molecule has 0 spiro atoms.